The van der Waals surface area contributed by atoms with Crippen molar-refractivity contribution in [1.82, 2.24) is 0 Å². The first-order valence-corrected chi connectivity index (χ1v) is 16.1. The lowest BCUT2D eigenvalue weighted by molar-refractivity contribution is 0.288. The molecule has 2 aromatic carbocycles. The SMILES string of the molecule is CCCCCCCCOc1c2c(c(OCCCCCCCC)c3ccccc13)CC(CCCCC)CC2. The van der Waals surface area contributed by atoms with Gasteiger partial charge in [0.05, 0.1) is 13.2 Å². The molecule has 0 bridgehead atoms. The molecule has 0 spiro atoms. The number of rotatable bonds is 20. The number of ether oxygens (including phenoxy) is 2. The topological polar surface area (TPSA) is 18.5 Å². The predicted molar refractivity (Wildman–Crippen MR) is 161 cm³/mol. The number of hydrogen-bond donors (Lipinski definition) is 0. The van der Waals surface area contributed by atoms with Crippen LogP contribution in [-0.2, 0) is 12.8 Å². The third-order valence-corrected chi connectivity index (χ3v) is 8.33. The molecule has 208 valence electrons. The zero-order valence-electron chi connectivity index (χ0n) is 24.6. The number of hydrogen-bond acceptors (Lipinski definition) is 2. The van der Waals surface area contributed by atoms with Crippen LogP contribution in [0.4, 0.5) is 0 Å². The van der Waals surface area contributed by atoms with Gasteiger partial charge in [0.15, 0.2) is 0 Å². The van der Waals surface area contributed by atoms with E-state index in [0.717, 1.165) is 50.6 Å². The van der Waals surface area contributed by atoms with Crippen molar-refractivity contribution in [2.75, 3.05) is 13.2 Å². The molecule has 0 aliphatic heterocycles. The molecule has 0 heterocycles. The monoisotopic (exact) mass is 508 g/mol. The first kappa shape index (κ1) is 29.9. The normalized spacial score (nSPS) is 15.2. The van der Waals surface area contributed by atoms with Gasteiger partial charge in [-0.05, 0) is 38.0 Å². The van der Waals surface area contributed by atoms with Crippen LogP contribution >= 0.6 is 0 Å². The molecular formula is C35H56O2. The molecule has 2 nitrogen and oxygen atoms in total. The Hall–Kier alpha value is -1.70. The third kappa shape index (κ3) is 9.52. The van der Waals surface area contributed by atoms with Crippen molar-refractivity contribution < 1.29 is 9.47 Å². The van der Waals surface area contributed by atoms with Gasteiger partial charge >= 0.3 is 0 Å². The molecule has 0 amide bonds. The van der Waals surface area contributed by atoms with E-state index in [4.69, 9.17) is 9.47 Å². The van der Waals surface area contributed by atoms with Crippen molar-refractivity contribution in [3.05, 3.63) is 35.4 Å². The van der Waals surface area contributed by atoms with Crippen LogP contribution in [0.25, 0.3) is 10.8 Å². The molecule has 1 atom stereocenters. The van der Waals surface area contributed by atoms with Crippen molar-refractivity contribution in [2.24, 2.45) is 5.92 Å². The van der Waals surface area contributed by atoms with Crippen molar-refractivity contribution in [1.29, 1.82) is 0 Å². The van der Waals surface area contributed by atoms with Gasteiger partial charge in [-0.15, -0.1) is 0 Å². The van der Waals surface area contributed by atoms with Gasteiger partial charge in [-0.2, -0.15) is 0 Å². The molecule has 1 aliphatic rings. The number of fused-ring (bicyclic) bond motifs is 2. The van der Waals surface area contributed by atoms with E-state index in [1.54, 1.807) is 0 Å². The molecule has 0 radical (unpaired) electrons. The summed E-state index contributed by atoms with van der Waals surface area (Å²) >= 11 is 0. The van der Waals surface area contributed by atoms with E-state index >= 15 is 0 Å². The Balaban J connectivity index is 1.76. The van der Waals surface area contributed by atoms with E-state index < -0.39 is 0 Å². The van der Waals surface area contributed by atoms with Gasteiger partial charge in [0, 0.05) is 21.9 Å². The summed E-state index contributed by atoms with van der Waals surface area (Å²) in [4.78, 5) is 0. The fraction of sp³-hybridized carbons (Fsp3) is 0.714. The summed E-state index contributed by atoms with van der Waals surface area (Å²) in [7, 11) is 0. The summed E-state index contributed by atoms with van der Waals surface area (Å²) < 4.78 is 13.3. The molecule has 2 aromatic rings. The lowest BCUT2D eigenvalue weighted by Crippen LogP contribution is -2.18. The Morgan fingerprint density at radius 1 is 0.595 bits per heavy atom. The van der Waals surface area contributed by atoms with Gasteiger partial charge in [0.1, 0.15) is 11.5 Å². The van der Waals surface area contributed by atoms with Crippen molar-refractivity contribution in [2.45, 2.75) is 143 Å². The van der Waals surface area contributed by atoms with Gasteiger partial charge < -0.3 is 9.47 Å². The van der Waals surface area contributed by atoms with Gasteiger partial charge in [0.2, 0.25) is 0 Å². The first-order valence-electron chi connectivity index (χ1n) is 16.1. The highest BCUT2D eigenvalue weighted by Gasteiger charge is 2.28. The third-order valence-electron chi connectivity index (χ3n) is 8.33. The van der Waals surface area contributed by atoms with Crippen LogP contribution < -0.4 is 9.47 Å². The Morgan fingerprint density at radius 2 is 1.08 bits per heavy atom. The predicted octanol–water partition coefficient (Wildman–Crippen LogP) is 11.0. The van der Waals surface area contributed by atoms with Crippen LogP contribution in [0, 0.1) is 5.92 Å². The van der Waals surface area contributed by atoms with E-state index in [9.17, 15) is 0 Å². The molecule has 37 heavy (non-hydrogen) atoms. The summed E-state index contributed by atoms with van der Waals surface area (Å²) in [6, 6.07) is 8.87. The molecule has 0 saturated heterocycles. The molecule has 0 fully saturated rings. The van der Waals surface area contributed by atoms with E-state index in [-0.39, 0.29) is 0 Å². The quantitative estimate of drug-likeness (QED) is 0.166. The smallest absolute Gasteiger partial charge is 0.130 e. The van der Waals surface area contributed by atoms with Gasteiger partial charge in [-0.3, -0.25) is 0 Å². The van der Waals surface area contributed by atoms with E-state index in [0.29, 0.717) is 0 Å². The van der Waals surface area contributed by atoms with E-state index in [1.165, 1.54) is 124 Å². The fourth-order valence-electron chi connectivity index (χ4n) is 6.07. The van der Waals surface area contributed by atoms with Crippen LogP contribution in [-0.4, -0.2) is 13.2 Å². The standard InChI is InChI=1S/C35H56O2/c1-4-7-10-12-14-19-26-36-34-30-22-17-18-23-31(30)35(37-27-20-15-13-11-8-5-2)33-28-29(21-16-9-6-3)24-25-32(33)34/h17-18,22-23,29H,4-16,19-21,24-28H2,1-3H3. The van der Waals surface area contributed by atoms with Crippen LogP contribution in [0.15, 0.2) is 24.3 Å². The Kier molecular flexibility index (Phi) is 14.3. The number of benzene rings is 2. The maximum atomic E-state index is 6.68. The summed E-state index contributed by atoms with van der Waals surface area (Å²) in [6.45, 7) is 8.55. The maximum absolute atomic E-state index is 6.68. The van der Waals surface area contributed by atoms with Gasteiger partial charge in [0.25, 0.3) is 0 Å². The zero-order valence-corrected chi connectivity index (χ0v) is 24.6. The molecule has 2 heteroatoms. The highest BCUT2D eigenvalue weighted by Crippen LogP contribution is 2.46. The zero-order chi connectivity index (χ0) is 26.1. The molecule has 0 saturated carbocycles. The van der Waals surface area contributed by atoms with Crippen molar-refractivity contribution in [3.63, 3.8) is 0 Å². The summed E-state index contributed by atoms with van der Waals surface area (Å²) in [6.07, 6.45) is 24.5. The van der Waals surface area contributed by atoms with Crippen LogP contribution in [0.3, 0.4) is 0 Å². The van der Waals surface area contributed by atoms with Gasteiger partial charge in [-0.25, -0.2) is 0 Å². The molecule has 0 N–H and O–H groups in total. The summed E-state index contributed by atoms with van der Waals surface area (Å²) in [5.41, 5.74) is 2.92. The second-order valence-corrected chi connectivity index (χ2v) is 11.5. The average molecular weight is 509 g/mol. The second-order valence-electron chi connectivity index (χ2n) is 11.5. The van der Waals surface area contributed by atoms with Crippen molar-refractivity contribution in [3.8, 4) is 11.5 Å². The van der Waals surface area contributed by atoms with E-state index in [1.807, 2.05) is 0 Å². The van der Waals surface area contributed by atoms with Crippen molar-refractivity contribution >= 4 is 10.8 Å². The van der Waals surface area contributed by atoms with Gasteiger partial charge in [-0.1, -0.05) is 135 Å². The van der Waals surface area contributed by atoms with Crippen LogP contribution in [0.5, 0.6) is 11.5 Å². The fourth-order valence-corrected chi connectivity index (χ4v) is 6.07. The highest BCUT2D eigenvalue weighted by atomic mass is 16.5. The minimum absolute atomic E-state index is 0.781. The molecule has 1 aliphatic carbocycles. The Bertz CT molecular complexity index is 886. The highest BCUT2D eigenvalue weighted by molar-refractivity contribution is 5.96. The Morgan fingerprint density at radius 3 is 1.65 bits per heavy atom. The second kappa shape index (κ2) is 17.7. The summed E-state index contributed by atoms with van der Waals surface area (Å²) in [5.74, 6) is 3.12. The van der Waals surface area contributed by atoms with Crippen LogP contribution in [0.2, 0.25) is 0 Å². The molecule has 3 rings (SSSR count). The first-order chi connectivity index (χ1) is 18.3. The maximum Gasteiger partial charge on any atom is 0.130 e. The minimum Gasteiger partial charge on any atom is -0.493 e. The lowest BCUT2D eigenvalue weighted by atomic mass is 9.79. The molecule has 0 aromatic heterocycles. The molecular weight excluding hydrogens is 452 g/mol. The average Bonchev–Trinajstić information content (AvgIpc) is 2.92. The van der Waals surface area contributed by atoms with E-state index in [2.05, 4.69) is 45.0 Å². The number of unbranched alkanes of at least 4 members (excludes halogenated alkanes) is 12. The largest absolute Gasteiger partial charge is 0.493 e. The minimum atomic E-state index is 0.781. The lowest BCUT2D eigenvalue weighted by Gasteiger charge is -2.30. The van der Waals surface area contributed by atoms with Crippen LogP contribution in [0.1, 0.15) is 141 Å². The summed E-state index contributed by atoms with van der Waals surface area (Å²) in [5, 5.41) is 2.52. The molecule has 1 unspecified atom stereocenters. The Labute approximate surface area is 228 Å².